The van der Waals surface area contributed by atoms with E-state index in [1.807, 2.05) is 0 Å². The van der Waals surface area contributed by atoms with Crippen molar-refractivity contribution in [3.8, 4) is 0 Å². The summed E-state index contributed by atoms with van der Waals surface area (Å²) in [5, 5.41) is 18.8. The van der Waals surface area contributed by atoms with E-state index in [0.717, 1.165) is 0 Å². The van der Waals surface area contributed by atoms with E-state index in [0.29, 0.717) is 12.2 Å². The fourth-order valence-corrected chi connectivity index (χ4v) is 0.136. The molecule has 44 valence electrons. The van der Waals surface area contributed by atoms with Gasteiger partial charge in [-0.15, -0.1) is 0 Å². The van der Waals surface area contributed by atoms with Gasteiger partial charge in [0.2, 0.25) is 0 Å². The van der Waals surface area contributed by atoms with Crippen LogP contribution in [0.15, 0.2) is 12.2 Å². The van der Waals surface area contributed by atoms with E-state index in [9.17, 15) is 19.8 Å². The number of carboxylic acid groups (broad SMARTS) is 2. The Labute approximate surface area is 156 Å². The summed E-state index contributed by atoms with van der Waals surface area (Å²) in [6, 6.07) is 0. The predicted octanol–water partition coefficient (Wildman–Crippen LogP) is -8.95. The second-order valence-corrected chi connectivity index (χ2v) is 0.971. The van der Waals surface area contributed by atoms with Gasteiger partial charge < -0.3 is 19.8 Å². The number of carboxylic acids is 2. The maximum absolute atomic E-state index is 9.41. The van der Waals surface area contributed by atoms with E-state index in [4.69, 9.17) is 0 Å². The molecule has 0 radical (unpaired) electrons. The third kappa shape index (κ3) is 16.7. The number of aliphatic carboxylic acids is 2. The molecule has 0 aliphatic carbocycles. The second kappa shape index (κ2) is 11.3. The minimum absolute atomic E-state index is 0. The van der Waals surface area contributed by atoms with Crippen LogP contribution in [0.2, 0.25) is 0 Å². The largest absolute Gasteiger partial charge is 1.00 e. The van der Waals surface area contributed by atoms with Crippen molar-refractivity contribution >= 4 is 11.9 Å². The predicted molar refractivity (Wildman–Crippen MR) is 19.2 cm³/mol. The summed E-state index contributed by atoms with van der Waals surface area (Å²) >= 11 is 0. The third-order valence-corrected chi connectivity index (χ3v) is 0.355. The van der Waals surface area contributed by atoms with Gasteiger partial charge in [-0.2, -0.15) is 0 Å². The Balaban J connectivity index is -0.000000245. The Hall–Kier alpha value is 2.29. The summed E-state index contributed by atoms with van der Waals surface area (Å²) < 4.78 is 0. The van der Waals surface area contributed by atoms with Crippen molar-refractivity contribution in [2.75, 3.05) is 0 Å². The number of carbonyl (C=O) groups excluding carboxylic acids is 2. The van der Waals surface area contributed by atoms with Gasteiger partial charge in [-0.3, -0.25) is 0 Å². The number of rotatable bonds is 2. The second-order valence-electron chi connectivity index (χ2n) is 0.971. The van der Waals surface area contributed by atoms with Crippen molar-refractivity contribution in [3.05, 3.63) is 12.2 Å². The molecule has 0 aliphatic rings. The van der Waals surface area contributed by atoms with Crippen LogP contribution >= 0.6 is 0 Å². The van der Waals surface area contributed by atoms with Gasteiger partial charge in [0, 0.05) is 0 Å². The molecule has 10 heavy (non-hydrogen) atoms. The van der Waals surface area contributed by atoms with Crippen LogP contribution in [0.25, 0.3) is 0 Å². The van der Waals surface area contributed by atoms with Crippen molar-refractivity contribution in [1.29, 1.82) is 0 Å². The molecule has 0 atom stereocenters. The molecule has 4 nitrogen and oxygen atoms in total. The van der Waals surface area contributed by atoms with Crippen molar-refractivity contribution in [3.63, 3.8) is 0 Å². The Kier molecular flexibility index (Phi) is 20.5. The topological polar surface area (TPSA) is 80.3 Å². The van der Waals surface area contributed by atoms with E-state index >= 15 is 0 Å². The van der Waals surface area contributed by atoms with E-state index in [2.05, 4.69) is 0 Å². The number of carbonyl (C=O) groups is 2. The first-order valence-electron chi connectivity index (χ1n) is 1.73. The zero-order chi connectivity index (χ0) is 6.57. The molecule has 0 aromatic heterocycles. The first kappa shape index (κ1) is 18.2. The summed E-state index contributed by atoms with van der Waals surface area (Å²) in [6.45, 7) is 0. The fraction of sp³-hybridized carbons (Fsp3) is 0. The molecule has 0 saturated carbocycles. The van der Waals surface area contributed by atoms with Crippen molar-refractivity contribution in [1.82, 2.24) is 0 Å². The molecule has 0 amide bonds. The van der Waals surface area contributed by atoms with Crippen LogP contribution in [-0.4, -0.2) is 11.9 Å². The fourth-order valence-electron chi connectivity index (χ4n) is 0.136. The van der Waals surface area contributed by atoms with Crippen LogP contribution in [-0.2, 0) is 9.59 Å². The van der Waals surface area contributed by atoms with Crippen LogP contribution in [0.1, 0.15) is 0 Å². The molecule has 0 rings (SSSR count). The monoisotopic (exact) mass is 284 g/mol. The Morgan fingerprint density at radius 3 is 1.20 bits per heavy atom. The van der Waals surface area contributed by atoms with Crippen LogP contribution < -0.4 is 127 Å². The zero-order valence-corrected chi connectivity index (χ0v) is 15.6. The Morgan fingerprint density at radius 2 is 1.10 bits per heavy atom. The molecular weight excluding hydrogens is 283 g/mol. The van der Waals surface area contributed by atoms with Gasteiger partial charge in [0.05, 0.1) is 11.9 Å². The molecule has 0 heterocycles. The van der Waals surface area contributed by atoms with Gasteiger partial charge in [-0.05, 0) is 12.2 Å². The zero-order valence-electron chi connectivity index (χ0n) is 5.79. The van der Waals surface area contributed by atoms with Gasteiger partial charge in [0.25, 0.3) is 0 Å². The molecule has 0 fully saturated rings. The summed E-state index contributed by atoms with van der Waals surface area (Å²) in [5.41, 5.74) is 0. The third-order valence-electron chi connectivity index (χ3n) is 0.355. The first-order chi connectivity index (χ1) is 3.63. The van der Waals surface area contributed by atoms with E-state index in [1.165, 1.54) is 0 Å². The maximum atomic E-state index is 9.41. The average Bonchev–Trinajstić information content (AvgIpc) is 1.61. The average molecular weight is 285 g/mol. The minimum atomic E-state index is -1.55. The number of hydrogen-bond acceptors (Lipinski definition) is 4. The molecule has 0 aromatic carbocycles. The molecule has 0 saturated heterocycles. The van der Waals surface area contributed by atoms with E-state index in [-0.39, 0.29) is 116 Å². The van der Waals surface area contributed by atoms with Gasteiger partial charge in [0.15, 0.2) is 0 Å². The van der Waals surface area contributed by atoms with Crippen molar-refractivity contribution < 1.29 is 136 Å². The maximum Gasteiger partial charge on any atom is 1.00 e. The summed E-state index contributed by atoms with van der Waals surface area (Å²) in [5.74, 6) is -3.09. The Morgan fingerprint density at radius 1 is 0.900 bits per heavy atom. The van der Waals surface area contributed by atoms with Gasteiger partial charge in [0.1, 0.15) is 0 Å². The van der Waals surface area contributed by atoms with Crippen LogP contribution in [0, 0.1) is 0 Å². The SMILES string of the molecule is O=C([O-])/C=C/C(=O)[O-].[Rb+].[Rb+]. The molecule has 0 N–H and O–H groups in total. The van der Waals surface area contributed by atoms with Gasteiger partial charge >= 0.3 is 116 Å². The molecule has 0 aliphatic heterocycles. The van der Waals surface area contributed by atoms with Gasteiger partial charge in [-0.25, -0.2) is 0 Å². The van der Waals surface area contributed by atoms with E-state index < -0.39 is 11.9 Å². The standard InChI is InChI=1S/C4H4O4.2Rb/c5-3(6)1-2-4(7)8;;/h1-2H,(H,5,6)(H,7,8);;/q;2*+1/p-2/b2-1+;;. The quantitative estimate of drug-likeness (QED) is 0.472. The Bertz CT molecular complexity index is 126. The van der Waals surface area contributed by atoms with Crippen LogP contribution in [0.4, 0.5) is 0 Å². The molecule has 6 heteroatoms. The molecule has 0 spiro atoms. The van der Waals surface area contributed by atoms with E-state index in [1.54, 1.807) is 0 Å². The number of hydrogen-bond donors (Lipinski definition) is 0. The molecule has 0 unspecified atom stereocenters. The smallest absolute Gasteiger partial charge is 0.545 e. The minimum Gasteiger partial charge on any atom is -0.545 e. The summed E-state index contributed by atoms with van der Waals surface area (Å²) in [4.78, 5) is 18.8. The van der Waals surface area contributed by atoms with Crippen molar-refractivity contribution in [2.24, 2.45) is 0 Å². The summed E-state index contributed by atoms with van der Waals surface area (Å²) in [7, 11) is 0. The molecule has 0 bridgehead atoms. The van der Waals surface area contributed by atoms with Crippen molar-refractivity contribution in [2.45, 2.75) is 0 Å². The van der Waals surface area contributed by atoms with Crippen LogP contribution in [0.3, 0.4) is 0 Å². The summed E-state index contributed by atoms with van der Waals surface area (Å²) in [6.07, 6.45) is 0.769. The first-order valence-corrected chi connectivity index (χ1v) is 1.73. The van der Waals surface area contributed by atoms with Crippen LogP contribution in [0.5, 0.6) is 0 Å². The normalized spacial score (nSPS) is 7.60. The van der Waals surface area contributed by atoms with Gasteiger partial charge in [-0.1, -0.05) is 0 Å². The molecule has 0 aromatic rings. The molecular formula is C4H2O4Rb2.